The smallest absolute Gasteiger partial charge is 0.160 e. The lowest BCUT2D eigenvalue weighted by molar-refractivity contribution is 0.803. The lowest BCUT2D eigenvalue weighted by atomic mass is 10.1. The summed E-state index contributed by atoms with van der Waals surface area (Å²) in [7, 11) is 0. The number of thioether (sulfide) groups is 1. The standard InChI is InChI=1S/C17H17ClN4S/c1-10(2)14-8-21-15(9-20-14)16-7-13(22-17(19)23-16)11-3-5-12(18)6-4-11/h3-10,16H,1-2H3,(H2,19,22). The van der Waals surface area contributed by atoms with E-state index < -0.39 is 0 Å². The van der Waals surface area contributed by atoms with Gasteiger partial charge in [0.2, 0.25) is 0 Å². The van der Waals surface area contributed by atoms with E-state index in [-0.39, 0.29) is 5.25 Å². The van der Waals surface area contributed by atoms with Crippen LogP contribution in [0.25, 0.3) is 5.70 Å². The number of halogens is 1. The summed E-state index contributed by atoms with van der Waals surface area (Å²) in [5.41, 5.74) is 9.67. The molecule has 0 fully saturated rings. The van der Waals surface area contributed by atoms with Crippen molar-refractivity contribution in [3.05, 3.63) is 64.7 Å². The van der Waals surface area contributed by atoms with Gasteiger partial charge in [0.25, 0.3) is 0 Å². The monoisotopic (exact) mass is 344 g/mol. The Morgan fingerprint density at radius 1 is 1.13 bits per heavy atom. The number of aliphatic imine (C=N–C) groups is 1. The fourth-order valence-electron chi connectivity index (χ4n) is 2.21. The van der Waals surface area contributed by atoms with Crippen LogP contribution in [-0.2, 0) is 0 Å². The van der Waals surface area contributed by atoms with Crippen molar-refractivity contribution < 1.29 is 0 Å². The predicted octanol–water partition coefficient (Wildman–Crippen LogP) is 4.40. The van der Waals surface area contributed by atoms with Crippen LogP contribution >= 0.6 is 23.4 Å². The first kappa shape index (κ1) is 16.0. The molecule has 2 heterocycles. The summed E-state index contributed by atoms with van der Waals surface area (Å²) < 4.78 is 0. The Bertz CT molecular complexity index is 751. The minimum absolute atomic E-state index is 0.00638. The maximum atomic E-state index is 6.00. The molecule has 0 saturated carbocycles. The molecule has 0 spiro atoms. The zero-order valence-corrected chi connectivity index (χ0v) is 14.5. The van der Waals surface area contributed by atoms with Crippen LogP contribution in [-0.4, -0.2) is 15.1 Å². The summed E-state index contributed by atoms with van der Waals surface area (Å²) in [6.45, 7) is 4.20. The molecule has 3 rings (SSSR count). The van der Waals surface area contributed by atoms with Gasteiger partial charge in [-0.15, -0.1) is 0 Å². The van der Waals surface area contributed by atoms with E-state index in [0.29, 0.717) is 16.1 Å². The van der Waals surface area contributed by atoms with E-state index in [2.05, 4.69) is 34.9 Å². The van der Waals surface area contributed by atoms with Crippen LogP contribution in [0.3, 0.4) is 0 Å². The Morgan fingerprint density at radius 2 is 1.87 bits per heavy atom. The molecule has 0 radical (unpaired) electrons. The molecule has 1 aliphatic rings. The lowest BCUT2D eigenvalue weighted by Gasteiger charge is -2.18. The van der Waals surface area contributed by atoms with Crippen molar-refractivity contribution in [2.75, 3.05) is 0 Å². The van der Waals surface area contributed by atoms with E-state index in [1.807, 2.05) is 36.7 Å². The van der Waals surface area contributed by atoms with Gasteiger partial charge in [0.05, 0.1) is 28.5 Å². The van der Waals surface area contributed by atoms with Crippen molar-refractivity contribution in [2.24, 2.45) is 10.7 Å². The Kier molecular flexibility index (Phi) is 4.68. The number of hydrogen-bond donors (Lipinski definition) is 1. The molecular formula is C17H17ClN4S. The summed E-state index contributed by atoms with van der Waals surface area (Å²) in [4.78, 5) is 13.5. The largest absolute Gasteiger partial charge is 0.378 e. The highest BCUT2D eigenvalue weighted by atomic mass is 35.5. The quantitative estimate of drug-likeness (QED) is 0.896. The van der Waals surface area contributed by atoms with Gasteiger partial charge in [0.1, 0.15) is 0 Å². The first-order valence-electron chi connectivity index (χ1n) is 7.33. The molecule has 23 heavy (non-hydrogen) atoms. The second-order valence-electron chi connectivity index (χ2n) is 5.57. The van der Waals surface area contributed by atoms with Crippen LogP contribution in [0.2, 0.25) is 5.02 Å². The van der Waals surface area contributed by atoms with Crippen molar-refractivity contribution in [2.45, 2.75) is 25.0 Å². The highest BCUT2D eigenvalue weighted by Gasteiger charge is 2.20. The van der Waals surface area contributed by atoms with E-state index in [4.69, 9.17) is 17.3 Å². The van der Waals surface area contributed by atoms with Gasteiger partial charge in [0, 0.05) is 16.8 Å². The van der Waals surface area contributed by atoms with Gasteiger partial charge in [-0.05, 0) is 24.1 Å². The first-order valence-corrected chi connectivity index (χ1v) is 8.59. The van der Waals surface area contributed by atoms with Gasteiger partial charge >= 0.3 is 0 Å². The van der Waals surface area contributed by atoms with Crippen LogP contribution in [0.1, 0.15) is 42.0 Å². The molecule has 4 nitrogen and oxygen atoms in total. The van der Waals surface area contributed by atoms with E-state index in [1.54, 1.807) is 0 Å². The Labute approximate surface area is 144 Å². The zero-order valence-electron chi connectivity index (χ0n) is 12.9. The van der Waals surface area contributed by atoms with Crippen molar-refractivity contribution in [3.63, 3.8) is 0 Å². The Balaban J connectivity index is 1.91. The summed E-state index contributed by atoms with van der Waals surface area (Å²) in [6, 6.07) is 7.56. The maximum Gasteiger partial charge on any atom is 0.160 e. The Morgan fingerprint density at radius 3 is 2.48 bits per heavy atom. The number of benzene rings is 1. The average Bonchev–Trinajstić information content (AvgIpc) is 2.55. The maximum absolute atomic E-state index is 6.00. The lowest BCUT2D eigenvalue weighted by Crippen LogP contribution is -2.14. The third-order valence-electron chi connectivity index (χ3n) is 3.50. The third-order valence-corrected chi connectivity index (χ3v) is 4.72. The number of rotatable bonds is 3. The summed E-state index contributed by atoms with van der Waals surface area (Å²) in [5.74, 6) is 0.363. The normalized spacial score (nSPS) is 17.8. The van der Waals surface area contributed by atoms with Gasteiger partial charge in [0.15, 0.2) is 5.17 Å². The molecule has 2 N–H and O–H groups in total. The van der Waals surface area contributed by atoms with Crippen molar-refractivity contribution in [1.82, 2.24) is 9.97 Å². The molecule has 1 aliphatic heterocycles. The highest BCUT2D eigenvalue weighted by molar-refractivity contribution is 8.14. The minimum Gasteiger partial charge on any atom is -0.378 e. The number of nitrogens with two attached hydrogens (primary N) is 1. The molecule has 0 saturated heterocycles. The second kappa shape index (κ2) is 6.72. The van der Waals surface area contributed by atoms with Crippen molar-refractivity contribution in [3.8, 4) is 0 Å². The molecular weight excluding hydrogens is 328 g/mol. The predicted molar refractivity (Wildman–Crippen MR) is 97.5 cm³/mol. The first-order chi connectivity index (χ1) is 11.0. The molecule has 0 aliphatic carbocycles. The van der Waals surface area contributed by atoms with E-state index in [1.165, 1.54) is 11.8 Å². The van der Waals surface area contributed by atoms with Crippen LogP contribution in [0, 0.1) is 0 Å². The van der Waals surface area contributed by atoms with E-state index >= 15 is 0 Å². The fraction of sp³-hybridized carbons (Fsp3) is 0.235. The zero-order chi connectivity index (χ0) is 16.4. The third kappa shape index (κ3) is 3.74. The summed E-state index contributed by atoms with van der Waals surface area (Å²) in [6.07, 6.45) is 5.71. The number of hydrogen-bond acceptors (Lipinski definition) is 5. The molecule has 1 atom stereocenters. The fourth-order valence-corrected chi connectivity index (χ4v) is 3.19. The Hall–Kier alpha value is -1.85. The molecule has 1 aromatic heterocycles. The van der Waals surface area contributed by atoms with Gasteiger partial charge in [-0.1, -0.05) is 49.3 Å². The van der Waals surface area contributed by atoms with Gasteiger partial charge in [-0.25, -0.2) is 4.99 Å². The van der Waals surface area contributed by atoms with Crippen molar-refractivity contribution >= 4 is 34.2 Å². The molecule has 0 amide bonds. The minimum atomic E-state index is 0.00638. The molecule has 1 unspecified atom stereocenters. The average molecular weight is 345 g/mol. The summed E-state index contributed by atoms with van der Waals surface area (Å²) >= 11 is 7.42. The number of aromatic nitrogens is 2. The number of nitrogens with zero attached hydrogens (tertiary/aromatic N) is 3. The van der Waals surface area contributed by atoms with Gasteiger partial charge in [-0.3, -0.25) is 9.97 Å². The van der Waals surface area contributed by atoms with Gasteiger partial charge < -0.3 is 5.73 Å². The van der Waals surface area contributed by atoms with Crippen LogP contribution < -0.4 is 5.73 Å². The molecule has 2 aromatic rings. The van der Waals surface area contributed by atoms with Crippen LogP contribution in [0.15, 0.2) is 47.7 Å². The van der Waals surface area contributed by atoms with Gasteiger partial charge in [-0.2, -0.15) is 0 Å². The molecule has 6 heteroatoms. The SMILES string of the molecule is CC(C)c1cnc(C2C=C(c3ccc(Cl)cc3)N=C(N)S2)cn1. The van der Waals surface area contributed by atoms with E-state index in [9.17, 15) is 0 Å². The van der Waals surface area contributed by atoms with Crippen LogP contribution in [0.5, 0.6) is 0 Å². The highest BCUT2D eigenvalue weighted by Crippen LogP contribution is 2.36. The molecule has 118 valence electrons. The molecule has 1 aromatic carbocycles. The molecule has 0 bridgehead atoms. The van der Waals surface area contributed by atoms with Crippen LogP contribution in [0.4, 0.5) is 0 Å². The summed E-state index contributed by atoms with van der Waals surface area (Å²) in [5, 5.41) is 1.23. The topological polar surface area (TPSA) is 64.2 Å². The van der Waals surface area contributed by atoms with E-state index in [0.717, 1.165) is 22.6 Å². The van der Waals surface area contributed by atoms with Crippen molar-refractivity contribution in [1.29, 1.82) is 0 Å². The second-order valence-corrected chi connectivity index (χ2v) is 7.17. The number of amidine groups is 1.